The predicted molar refractivity (Wildman–Crippen MR) is 107 cm³/mol. The molecule has 2 heterocycles. The number of allylic oxidation sites excluding steroid dienone is 2. The Hall–Kier alpha value is -3.26. The van der Waals surface area contributed by atoms with Crippen molar-refractivity contribution in [3.05, 3.63) is 78.6 Å². The molecule has 0 unspecified atom stereocenters. The van der Waals surface area contributed by atoms with E-state index in [0.717, 1.165) is 22.4 Å². The fourth-order valence-corrected chi connectivity index (χ4v) is 3.77. The highest BCUT2D eigenvalue weighted by Crippen LogP contribution is 2.37. The lowest BCUT2D eigenvalue weighted by atomic mass is 10.00. The van der Waals surface area contributed by atoms with Crippen molar-refractivity contribution in [1.82, 2.24) is 4.98 Å². The monoisotopic (exact) mass is 323 g/mol. The van der Waals surface area contributed by atoms with Crippen molar-refractivity contribution in [1.29, 1.82) is 0 Å². The number of hydrogen-bond donors (Lipinski definition) is 1. The molecule has 0 aliphatic carbocycles. The number of H-pyrrole nitrogens is 1. The Morgan fingerprint density at radius 1 is 0.960 bits per heavy atom. The van der Waals surface area contributed by atoms with E-state index in [1.165, 1.54) is 32.4 Å². The molecule has 0 radical (unpaired) electrons. The van der Waals surface area contributed by atoms with Crippen LogP contribution in [-0.4, -0.2) is 4.98 Å². The molecule has 120 valence electrons. The first-order valence-electron chi connectivity index (χ1n) is 8.41. The number of aromatic amines is 1. The second-order valence-corrected chi connectivity index (χ2v) is 6.39. The second-order valence-electron chi connectivity index (χ2n) is 6.39. The quantitative estimate of drug-likeness (QED) is 0.359. The summed E-state index contributed by atoms with van der Waals surface area (Å²) >= 11 is 0. The van der Waals surface area contributed by atoms with Crippen LogP contribution in [0.15, 0.2) is 71.7 Å². The van der Waals surface area contributed by atoms with Gasteiger partial charge in [0.2, 0.25) is 0 Å². The number of rotatable bonds is 2. The molecular formula is C23H17NO. The Bertz CT molecular complexity index is 1310. The summed E-state index contributed by atoms with van der Waals surface area (Å²) in [5.74, 6) is 0.930. The van der Waals surface area contributed by atoms with Crippen LogP contribution in [0.1, 0.15) is 11.3 Å². The van der Waals surface area contributed by atoms with Gasteiger partial charge in [0.05, 0.1) is 0 Å². The molecule has 0 spiro atoms. The van der Waals surface area contributed by atoms with Gasteiger partial charge in [0.25, 0.3) is 0 Å². The fourth-order valence-electron chi connectivity index (χ4n) is 3.77. The SMILES string of the molecule is C=C/C=C\c1c(C)oc2ccc3cc4[nH]c5ccccc5c4cc3c12. The van der Waals surface area contributed by atoms with Crippen molar-refractivity contribution in [3.63, 3.8) is 0 Å². The van der Waals surface area contributed by atoms with E-state index in [-0.39, 0.29) is 0 Å². The summed E-state index contributed by atoms with van der Waals surface area (Å²) in [6.07, 6.45) is 5.83. The molecule has 1 N–H and O–H groups in total. The van der Waals surface area contributed by atoms with Crippen molar-refractivity contribution in [2.75, 3.05) is 0 Å². The molecule has 0 aliphatic rings. The Labute approximate surface area is 145 Å². The molecule has 0 amide bonds. The largest absolute Gasteiger partial charge is 0.461 e. The van der Waals surface area contributed by atoms with Crippen molar-refractivity contribution in [2.24, 2.45) is 0 Å². The van der Waals surface area contributed by atoms with Crippen molar-refractivity contribution < 1.29 is 4.42 Å². The van der Waals surface area contributed by atoms with Gasteiger partial charge in [-0.3, -0.25) is 0 Å². The average Bonchev–Trinajstić information content (AvgIpc) is 3.14. The van der Waals surface area contributed by atoms with Gasteiger partial charge in [-0.1, -0.05) is 49.1 Å². The standard InChI is InChI=1S/C23H17NO/c1-3-4-7-16-14(2)25-22-11-10-15-12-21-19(13-18(15)23(16)22)17-8-5-6-9-20(17)24-21/h3-13,24H,1H2,2H3/b7-4-. The Kier molecular flexibility index (Phi) is 2.89. The third-order valence-electron chi connectivity index (χ3n) is 4.92. The van der Waals surface area contributed by atoms with E-state index >= 15 is 0 Å². The van der Waals surface area contributed by atoms with E-state index in [2.05, 4.69) is 66.2 Å². The molecule has 0 aliphatic heterocycles. The molecule has 25 heavy (non-hydrogen) atoms. The topological polar surface area (TPSA) is 28.9 Å². The van der Waals surface area contributed by atoms with Gasteiger partial charge in [-0.05, 0) is 42.0 Å². The summed E-state index contributed by atoms with van der Waals surface area (Å²) in [4.78, 5) is 3.52. The molecule has 5 aromatic rings. The van der Waals surface area contributed by atoms with Crippen LogP contribution in [0.2, 0.25) is 0 Å². The Morgan fingerprint density at radius 2 is 1.84 bits per heavy atom. The van der Waals surface area contributed by atoms with E-state index in [9.17, 15) is 0 Å². The van der Waals surface area contributed by atoms with E-state index < -0.39 is 0 Å². The molecular weight excluding hydrogens is 306 g/mol. The second kappa shape index (κ2) is 5.12. The molecule has 5 rings (SSSR count). The van der Waals surface area contributed by atoms with Gasteiger partial charge in [0, 0.05) is 32.8 Å². The van der Waals surface area contributed by atoms with Crippen molar-refractivity contribution >= 4 is 49.6 Å². The van der Waals surface area contributed by atoms with Crippen LogP contribution < -0.4 is 0 Å². The van der Waals surface area contributed by atoms with E-state index in [4.69, 9.17) is 4.42 Å². The zero-order chi connectivity index (χ0) is 17.0. The van der Waals surface area contributed by atoms with Gasteiger partial charge in [0.1, 0.15) is 11.3 Å². The van der Waals surface area contributed by atoms with Gasteiger partial charge >= 0.3 is 0 Å². The highest BCUT2D eigenvalue weighted by Gasteiger charge is 2.14. The number of hydrogen-bond acceptors (Lipinski definition) is 1. The van der Waals surface area contributed by atoms with Gasteiger partial charge < -0.3 is 9.40 Å². The summed E-state index contributed by atoms with van der Waals surface area (Å²) in [5, 5.41) is 6.09. The van der Waals surface area contributed by atoms with Crippen LogP contribution in [-0.2, 0) is 0 Å². The third-order valence-corrected chi connectivity index (χ3v) is 4.92. The minimum Gasteiger partial charge on any atom is -0.461 e. The number of aromatic nitrogens is 1. The first kappa shape index (κ1) is 14.1. The number of furan rings is 1. The Morgan fingerprint density at radius 3 is 2.72 bits per heavy atom. The van der Waals surface area contributed by atoms with Crippen molar-refractivity contribution in [3.8, 4) is 0 Å². The van der Waals surface area contributed by atoms with E-state index in [1.54, 1.807) is 6.08 Å². The highest BCUT2D eigenvalue weighted by atomic mass is 16.3. The maximum absolute atomic E-state index is 5.99. The molecule has 3 aromatic carbocycles. The molecule has 2 heteroatoms. The smallest absolute Gasteiger partial charge is 0.135 e. The van der Waals surface area contributed by atoms with E-state index in [1.807, 2.05) is 13.0 Å². The number of aryl methyl sites for hydroxylation is 1. The maximum atomic E-state index is 5.99. The van der Waals surface area contributed by atoms with Gasteiger partial charge in [-0.25, -0.2) is 0 Å². The summed E-state index contributed by atoms with van der Waals surface area (Å²) in [7, 11) is 0. The van der Waals surface area contributed by atoms with Gasteiger partial charge in [0.15, 0.2) is 0 Å². The van der Waals surface area contributed by atoms with E-state index in [0.29, 0.717) is 0 Å². The fraction of sp³-hybridized carbons (Fsp3) is 0.0435. The summed E-state index contributed by atoms with van der Waals surface area (Å²) in [6, 6.07) is 17.1. The number of para-hydroxylation sites is 1. The molecule has 2 nitrogen and oxygen atoms in total. The summed E-state index contributed by atoms with van der Waals surface area (Å²) in [6.45, 7) is 5.79. The molecule has 0 bridgehead atoms. The summed E-state index contributed by atoms with van der Waals surface area (Å²) in [5.41, 5.74) is 4.38. The number of benzene rings is 3. The van der Waals surface area contributed by atoms with Gasteiger partial charge in [-0.2, -0.15) is 0 Å². The van der Waals surface area contributed by atoms with Crippen molar-refractivity contribution in [2.45, 2.75) is 6.92 Å². The van der Waals surface area contributed by atoms with Crippen LogP contribution >= 0.6 is 0 Å². The molecule has 2 aromatic heterocycles. The normalized spacial score (nSPS) is 12.2. The lowest BCUT2D eigenvalue weighted by Gasteiger charge is -2.02. The van der Waals surface area contributed by atoms with Crippen LogP contribution in [0.5, 0.6) is 0 Å². The van der Waals surface area contributed by atoms with Crippen LogP contribution in [0, 0.1) is 6.92 Å². The molecule has 0 saturated carbocycles. The first-order chi connectivity index (χ1) is 12.3. The summed E-state index contributed by atoms with van der Waals surface area (Å²) < 4.78 is 5.99. The van der Waals surface area contributed by atoms with Crippen LogP contribution in [0.3, 0.4) is 0 Å². The molecule has 0 atom stereocenters. The highest BCUT2D eigenvalue weighted by molar-refractivity contribution is 6.18. The third kappa shape index (κ3) is 1.97. The Balaban J connectivity index is 1.98. The average molecular weight is 323 g/mol. The zero-order valence-corrected chi connectivity index (χ0v) is 14.0. The minimum absolute atomic E-state index is 0.924. The van der Waals surface area contributed by atoms with Crippen LogP contribution in [0.4, 0.5) is 0 Å². The number of fused-ring (bicyclic) bond motifs is 6. The minimum atomic E-state index is 0.924. The molecule has 0 saturated heterocycles. The predicted octanol–water partition coefficient (Wildman–Crippen LogP) is 6.73. The van der Waals surface area contributed by atoms with Gasteiger partial charge in [-0.15, -0.1) is 0 Å². The first-order valence-corrected chi connectivity index (χ1v) is 8.41. The maximum Gasteiger partial charge on any atom is 0.135 e. The lowest BCUT2D eigenvalue weighted by Crippen LogP contribution is -1.79. The molecule has 0 fully saturated rings. The zero-order valence-electron chi connectivity index (χ0n) is 14.0. The lowest BCUT2D eigenvalue weighted by molar-refractivity contribution is 0.577. The number of nitrogens with one attached hydrogen (secondary N) is 1. The van der Waals surface area contributed by atoms with Crippen LogP contribution in [0.25, 0.3) is 49.6 Å².